The number of nitrogens with zero attached hydrogens (tertiary/aromatic N) is 3. The topological polar surface area (TPSA) is 90.7 Å². The van der Waals surface area contributed by atoms with Crippen molar-refractivity contribution in [2.24, 2.45) is 0 Å². The zero-order valence-electron chi connectivity index (χ0n) is 14.1. The van der Waals surface area contributed by atoms with Gasteiger partial charge in [0.25, 0.3) is 5.91 Å². The lowest BCUT2D eigenvalue weighted by Crippen LogP contribution is -2.15. The average molecular weight is 382 g/mol. The summed E-state index contributed by atoms with van der Waals surface area (Å²) in [5, 5.41) is 14.4. The summed E-state index contributed by atoms with van der Waals surface area (Å²) in [7, 11) is 0. The Morgan fingerprint density at radius 2 is 1.81 bits per heavy atom. The number of aromatic nitrogens is 2. The highest BCUT2D eigenvalue weighted by molar-refractivity contribution is 6.31. The summed E-state index contributed by atoms with van der Waals surface area (Å²) < 4.78 is 13.2. The van der Waals surface area contributed by atoms with Crippen molar-refractivity contribution in [1.29, 1.82) is 5.26 Å². The van der Waals surface area contributed by atoms with Crippen LogP contribution in [-0.4, -0.2) is 15.9 Å². The van der Waals surface area contributed by atoms with Crippen LogP contribution in [0.1, 0.15) is 21.9 Å². The fourth-order valence-electron chi connectivity index (χ4n) is 2.29. The minimum atomic E-state index is -0.568. The number of hydrogen-bond donors (Lipinski definition) is 2. The monoisotopic (exact) mass is 381 g/mol. The predicted molar refractivity (Wildman–Crippen MR) is 101 cm³/mol. The molecule has 0 aliphatic heterocycles. The Bertz CT molecular complexity index is 1050. The molecule has 1 heterocycles. The van der Waals surface area contributed by atoms with Gasteiger partial charge in [0.15, 0.2) is 0 Å². The molecule has 0 radical (unpaired) electrons. The Morgan fingerprint density at radius 1 is 1.11 bits per heavy atom. The van der Waals surface area contributed by atoms with E-state index in [0.29, 0.717) is 28.6 Å². The van der Waals surface area contributed by atoms with Crippen molar-refractivity contribution < 1.29 is 9.18 Å². The van der Waals surface area contributed by atoms with Gasteiger partial charge in [0.05, 0.1) is 16.7 Å². The van der Waals surface area contributed by atoms with Gasteiger partial charge in [-0.25, -0.2) is 14.4 Å². The van der Waals surface area contributed by atoms with Crippen LogP contribution in [0.15, 0.2) is 48.5 Å². The molecule has 0 unspecified atom stereocenters. The van der Waals surface area contributed by atoms with Crippen LogP contribution in [0.5, 0.6) is 0 Å². The van der Waals surface area contributed by atoms with Gasteiger partial charge in [-0.15, -0.1) is 0 Å². The average Bonchev–Trinajstić information content (AvgIpc) is 2.65. The molecule has 0 spiro atoms. The summed E-state index contributed by atoms with van der Waals surface area (Å²) in [6, 6.07) is 14.2. The van der Waals surface area contributed by atoms with Crippen LogP contribution in [0.25, 0.3) is 0 Å². The molecule has 134 valence electrons. The first-order chi connectivity index (χ1) is 12.9. The van der Waals surface area contributed by atoms with Crippen LogP contribution in [0.4, 0.5) is 21.6 Å². The number of amides is 1. The smallest absolute Gasteiger partial charge is 0.274 e. The largest absolute Gasteiger partial charge is 0.340 e. The molecule has 2 aromatic carbocycles. The number of rotatable bonds is 4. The minimum absolute atomic E-state index is 0.0881. The molecule has 3 rings (SSSR count). The Morgan fingerprint density at radius 3 is 2.48 bits per heavy atom. The third kappa shape index (κ3) is 4.57. The second kappa shape index (κ2) is 7.81. The number of halogens is 2. The molecule has 1 aromatic heterocycles. The lowest BCUT2D eigenvalue weighted by Gasteiger charge is -2.09. The zero-order chi connectivity index (χ0) is 19.4. The van der Waals surface area contributed by atoms with E-state index in [4.69, 9.17) is 16.9 Å². The second-order valence-corrected chi connectivity index (χ2v) is 5.99. The van der Waals surface area contributed by atoms with Gasteiger partial charge >= 0.3 is 0 Å². The predicted octanol–water partition coefficient (Wildman–Crippen LogP) is 4.45. The van der Waals surface area contributed by atoms with Gasteiger partial charge in [-0.05, 0) is 49.4 Å². The third-order valence-corrected chi connectivity index (χ3v) is 3.82. The molecule has 3 aromatic rings. The van der Waals surface area contributed by atoms with Gasteiger partial charge in [-0.2, -0.15) is 5.26 Å². The van der Waals surface area contributed by atoms with Crippen molar-refractivity contribution in [2.75, 3.05) is 10.6 Å². The molecule has 0 saturated heterocycles. The molecule has 2 N–H and O–H groups in total. The quantitative estimate of drug-likeness (QED) is 0.697. The van der Waals surface area contributed by atoms with Crippen LogP contribution in [0, 0.1) is 24.1 Å². The Labute approximate surface area is 159 Å². The molecular weight excluding hydrogens is 369 g/mol. The first kappa shape index (κ1) is 18.3. The summed E-state index contributed by atoms with van der Waals surface area (Å²) in [6.45, 7) is 1.66. The first-order valence-electron chi connectivity index (χ1n) is 7.84. The second-order valence-electron chi connectivity index (χ2n) is 5.58. The standard InChI is InChI=1S/C19H13ClFN5O/c1-11-23-17(19(27)26-14-6-7-16(21)15(20)8-14)9-18(24-11)25-13-4-2-12(10-22)3-5-13/h2-9H,1H3,(H,26,27)(H,23,24,25). The van der Waals surface area contributed by atoms with E-state index in [1.165, 1.54) is 24.3 Å². The maximum Gasteiger partial charge on any atom is 0.274 e. The Hall–Kier alpha value is -3.50. The number of aryl methyl sites for hydroxylation is 1. The number of nitriles is 1. The molecule has 27 heavy (non-hydrogen) atoms. The Balaban J connectivity index is 1.80. The van der Waals surface area contributed by atoms with Crippen molar-refractivity contribution in [2.45, 2.75) is 6.92 Å². The van der Waals surface area contributed by atoms with E-state index in [0.717, 1.165) is 0 Å². The van der Waals surface area contributed by atoms with E-state index in [1.54, 1.807) is 31.2 Å². The van der Waals surface area contributed by atoms with Crippen molar-refractivity contribution in [3.63, 3.8) is 0 Å². The van der Waals surface area contributed by atoms with Crippen LogP contribution in [-0.2, 0) is 0 Å². The minimum Gasteiger partial charge on any atom is -0.340 e. The SMILES string of the molecule is Cc1nc(Nc2ccc(C#N)cc2)cc(C(=O)Nc2ccc(F)c(Cl)c2)n1. The van der Waals surface area contributed by atoms with Crippen LogP contribution >= 0.6 is 11.6 Å². The molecule has 6 nitrogen and oxygen atoms in total. The maximum absolute atomic E-state index is 13.2. The van der Waals surface area contributed by atoms with E-state index >= 15 is 0 Å². The number of hydrogen-bond acceptors (Lipinski definition) is 5. The highest BCUT2D eigenvalue weighted by Crippen LogP contribution is 2.21. The first-order valence-corrected chi connectivity index (χ1v) is 8.21. The number of benzene rings is 2. The van der Waals surface area contributed by atoms with Gasteiger partial charge in [-0.1, -0.05) is 11.6 Å². The van der Waals surface area contributed by atoms with Crippen LogP contribution in [0.3, 0.4) is 0 Å². The molecule has 0 aliphatic rings. The number of nitrogens with one attached hydrogen (secondary N) is 2. The molecule has 0 atom stereocenters. The van der Waals surface area contributed by atoms with E-state index in [-0.39, 0.29) is 10.7 Å². The van der Waals surface area contributed by atoms with Gasteiger partial charge < -0.3 is 10.6 Å². The van der Waals surface area contributed by atoms with Crippen molar-refractivity contribution in [1.82, 2.24) is 9.97 Å². The van der Waals surface area contributed by atoms with E-state index in [2.05, 4.69) is 20.6 Å². The lowest BCUT2D eigenvalue weighted by atomic mass is 10.2. The molecule has 0 aliphatic carbocycles. The van der Waals surface area contributed by atoms with E-state index in [1.807, 2.05) is 6.07 Å². The Kier molecular flexibility index (Phi) is 5.29. The number of carbonyl (C=O) groups is 1. The highest BCUT2D eigenvalue weighted by Gasteiger charge is 2.12. The fourth-order valence-corrected chi connectivity index (χ4v) is 2.47. The van der Waals surface area contributed by atoms with Gasteiger partial charge in [0.2, 0.25) is 0 Å². The lowest BCUT2D eigenvalue weighted by molar-refractivity contribution is 0.102. The molecular formula is C19H13ClFN5O. The van der Waals surface area contributed by atoms with Crippen molar-refractivity contribution >= 4 is 34.7 Å². The number of anilines is 3. The normalized spacial score (nSPS) is 10.1. The van der Waals surface area contributed by atoms with E-state index < -0.39 is 11.7 Å². The zero-order valence-corrected chi connectivity index (χ0v) is 14.9. The molecule has 0 saturated carbocycles. The van der Waals surface area contributed by atoms with Gasteiger partial charge in [0, 0.05) is 17.4 Å². The molecule has 8 heteroatoms. The summed E-state index contributed by atoms with van der Waals surface area (Å²) in [6.07, 6.45) is 0. The summed E-state index contributed by atoms with van der Waals surface area (Å²) in [4.78, 5) is 20.8. The molecule has 0 fully saturated rings. The number of carbonyl (C=O) groups excluding carboxylic acids is 1. The van der Waals surface area contributed by atoms with E-state index in [9.17, 15) is 9.18 Å². The highest BCUT2D eigenvalue weighted by atomic mass is 35.5. The summed E-state index contributed by atoms with van der Waals surface area (Å²) in [5.74, 6) is -0.224. The van der Waals surface area contributed by atoms with Gasteiger partial charge in [0.1, 0.15) is 23.2 Å². The van der Waals surface area contributed by atoms with Crippen LogP contribution in [0.2, 0.25) is 5.02 Å². The third-order valence-electron chi connectivity index (χ3n) is 3.53. The summed E-state index contributed by atoms with van der Waals surface area (Å²) >= 11 is 5.72. The fraction of sp³-hybridized carbons (Fsp3) is 0.0526. The van der Waals surface area contributed by atoms with Crippen LogP contribution < -0.4 is 10.6 Å². The molecule has 1 amide bonds. The van der Waals surface area contributed by atoms with Crippen molar-refractivity contribution in [3.8, 4) is 6.07 Å². The van der Waals surface area contributed by atoms with Crippen molar-refractivity contribution in [3.05, 3.63) is 76.5 Å². The summed E-state index contributed by atoms with van der Waals surface area (Å²) in [5.41, 5.74) is 1.74. The van der Waals surface area contributed by atoms with Gasteiger partial charge in [-0.3, -0.25) is 4.79 Å². The maximum atomic E-state index is 13.2. The molecule has 0 bridgehead atoms.